The van der Waals surface area contributed by atoms with Gasteiger partial charge in [-0.1, -0.05) is 12.2 Å². The number of rotatable bonds is 5. The van der Waals surface area contributed by atoms with Crippen molar-refractivity contribution in [3.63, 3.8) is 0 Å². The van der Waals surface area contributed by atoms with Gasteiger partial charge in [0.25, 0.3) is 5.91 Å². The highest BCUT2D eigenvalue weighted by molar-refractivity contribution is 5.94. The van der Waals surface area contributed by atoms with Crippen molar-refractivity contribution < 1.29 is 9.53 Å². The lowest BCUT2D eigenvalue weighted by atomic mass is 9.93. The molecule has 0 spiro atoms. The fourth-order valence-electron chi connectivity index (χ4n) is 4.57. The van der Waals surface area contributed by atoms with Gasteiger partial charge in [0.05, 0.1) is 0 Å². The minimum absolute atomic E-state index is 0.157. The van der Waals surface area contributed by atoms with E-state index < -0.39 is 0 Å². The van der Waals surface area contributed by atoms with Crippen molar-refractivity contribution in [3.8, 4) is 5.75 Å². The Kier molecular flexibility index (Phi) is 6.13. The maximum absolute atomic E-state index is 12.4. The van der Waals surface area contributed by atoms with Crippen LogP contribution in [0, 0.1) is 5.92 Å². The van der Waals surface area contributed by atoms with Gasteiger partial charge >= 0.3 is 0 Å². The molecule has 0 saturated carbocycles. The number of piperidine rings is 1. The first-order valence-electron chi connectivity index (χ1n) is 10.7. The Morgan fingerprint density at radius 3 is 2.37 bits per heavy atom. The van der Waals surface area contributed by atoms with Crippen LogP contribution in [0.3, 0.4) is 0 Å². The lowest BCUT2D eigenvalue weighted by Crippen LogP contribution is -2.40. The van der Waals surface area contributed by atoms with E-state index in [0.29, 0.717) is 6.10 Å². The number of benzene rings is 1. The van der Waals surface area contributed by atoms with Gasteiger partial charge in [-0.2, -0.15) is 0 Å². The van der Waals surface area contributed by atoms with Crippen molar-refractivity contribution in [1.82, 2.24) is 9.80 Å². The van der Waals surface area contributed by atoms with Crippen LogP contribution in [-0.2, 0) is 0 Å². The van der Waals surface area contributed by atoms with Crippen molar-refractivity contribution in [1.29, 1.82) is 0 Å². The zero-order valence-electron chi connectivity index (χ0n) is 16.3. The van der Waals surface area contributed by atoms with Crippen molar-refractivity contribution in [2.24, 2.45) is 5.92 Å². The van der Waals surface area contributed by atoms with Crippen molar-refractivity contribution in [3.05, 3.63) is 42.0 Å². The fraction of sp³-hybridized carbons (Fsp3) is 0.609. The van der Waals surface area contributed by atoms with E-state index >= 15 is 0 Å². The van der Waals surface area contributed by atoms with Gasteiger partial charge in [-0.25, -0.2) is 0 Å². The molecule has 0 N–H and O–H groups in total. The summed E-state index contributed by atoms with van der Waals surface area (Å²) in [6, 6.07) is 7.76. The Labute approximate surface area is 163 Å². The van der Waals surface area contributed by atoms with Crippen LogP contribution < -0.4 is 4.74 Å². The van der Waals surface area contributed by atoms with Gasteiger partial charge in [0.2, 0.25) is 0 Å². The van der Waals surface area contributed by atoms with E-state index in [-0.39, 0.29) is 5.91 Å². The van der Waals surface area contributed by atoms with Crippen LogP contribution in [0.5, 0.6) is 5.75 Å². The summed E-state index contributed by atoms with van der Waals surface area (Å²) in [4.78, 5) is 17.0. The first-order valence-corrected chi connectivity index (χ1v) is 10.7. The van der Waals surface area contributed by atoms with Crippen molar-refractivity contribution in [2.75, 3.05) is 32.7 Å². The first kappa shape index (κ1) is 18.5. The van der Waals surface area contributed by atoms with Crippen LogP contribution in [-0.4, -0.2) is 54.5 Å². The smallest absolute Gasteiger partial charge is 0.253 e. The largest absolute Gasteiger partial charge is 0.490 e. The average Bonchev–Trinajstić information content (AvgIpc) is 3.25. The average molecular weight is 369 g/mol. The Morgan fingerprint density at radius 1 is 0.963 bits per heavy atom. The SMILES string of the molecule is O=C(c1ccc(OC2CCN(CC3CC=CCC3)CC2)cc1)N1CCCC1. The molecule has 2 fully saturated rings. The van der Waals surface area contributed by atoms with E-state index in [9.17, 15) is 4.79 Å². The fourth-order valence-corrected chi connectivity index (χ4v) is 4.57. The van der Waals surface area contributed by atoms with Crippen LogP contribution in [0.25, 0.3) is 0 Å². The summed E-state index contributed by atoms with van der Waals surface area (Å²) in [5.74, 6) is 1.89. The molecular weight excluding hydrogens is 336 g/mol. The number of nitrogens with zero attached hydrogens (tertiary/aromatic N) is 2. The third kappa shape index (κ3) is 4.92. The van der Waals surface area contributed by atoms with Crippen molar-refractivity contribution >= 4 is 5.91 Å². The summed E-state index contributed by atoms with van der Waals surface area (Å²) in [6.07, 6.45) is 13.3. The van der Waals surface area contributed by atoms with Gasteiger partial charge < -0.3 is 14.5 Å². The normalized spacial score (nSPS) is 24.3. The summed E-state index contributed by atoms with van der Waals surface area (Å²) in [6.45, 7) is 5.30. The monoisotopic (exact) mass is 368 g/mol. The molecule has 1 aliphatic carbocycles. The van der Waals surface area contributed by atoms with Gasteiger partial charge in [-0.15, -0.1) is 0 Å². The quantitative estimate of drug-likeness (QED) is 0.733. The number of likely N-dealkylation sites (tertiary alicyclic amines) is 2. The molecule has 1 unspecified atom stereocenters. The highest BCUT2D eigenvalue weighted by atomic mass is 16.5. The molecule has 4 rings (SSSR count). The highest BCUT2D eigenvalue weighted by Gasteiger charge is 2.23. The van der Waals surface area contributed by atoms with Crippen LogP contribution in [0.15, 0.2) is 36.4 Å². The minimum Gasteiger partial charge on any atom is -0.490 e. The number of amides is 1. The second kappa shape index (κ2) is 8.92. The second-order valence-corrected chi connectivity index (χ2v) is 8.29. The summed E-state index contributed by atoms with van der Waals surface area (Å²) < 4.78 is 6.19. The molecule has 2 heterocycles. The maximum atomic E-state index is 12.4. The van der Waals surface area contributed by atoms with E-state index in [1.54, 1.807) is 0 Å². The molecule has 0 radical (unpaired) electrons. The number of hydrogen-bond donors (Lipinski definition) is 0. The maximum Gasteiger partial charge on any atom is 0.253 e. The molecule has 1 aromatic rings. The molecule has 0 aromatic heterocycles. The minimum atomic E-state index is 0.157. The molecule has 1 aromatic carbocycles. The predicted molar refractivity (Wildman–Crippen MR) is 108 cm³/mol. The molecule has 1 atom stereocenters. The Morgan fingerprint density at radius 2 is 1.70 bits per heavy atom. The highest BCUT2D eigenvalue weighted by Crippen LogP contribution is 2.24. The first-order chi connectivity index (χ1) is 13.3. The van der Waals surface area contributed by atoms with E-state index in [1.807, 2.05) is 29.2 Å². The molecule has 1 amide bonds. The molecule has 4 nitrogen and oxygen atoms in total. The Bertz CT molecular complexity index is 641. The summed E-state index contributed by atoms with van der Waals surface area (Å²) >= 11 is 0. The number of ether oxygens (including phenoxy) is 1. The predicted octanol–water partition coefficient (Wildman–Crippen LogP) is 4.12. The molecule has 2 aliphatic heterocycles. The van der Waals surface area contributed by atoms with Gasteiger partial charge in [0.15, 0.2) is 0 Å². The van der Waals surface area contributed by atoms with Gasteiger partial charge in [0.1, 0.15) is 11.9 Å². The Hall–Kier alpha value is -1.81. The number of hydrogen-bond acceptors (Lipinski definition) is 3. The lowest BCUT2D eigenvalue weighted by Gasteiger charge is -2.34. The third-order valence-electron chi connectivity index (χ3n) is 6.23. The zero-order chi connectivity index (χ0) is 18.5. The van der Waals surface area contributed by atoms with Crippen molar-refractivity contribution in [2.45, 2.75) is 51.0 Å². The molecule has 27 heavy (non-hydrogen) atoms. The Balaban J connectivity index is 1.23. The third-order valence-corrected chi connectivity index (χ3v) is 6.23. The lowest BCUT2D eigenvalue weighted by molar-refractivity contribution is 0.0792. The van der Waals surface area contributed by atoms with Gasteiger partial charge in [-0.05, 0) is 75.1 Å². The molecule has 2 saturated heterocycles. The van der Waals surface area contributed by atoms with E-state index in [2.05, 4.69) is 17.1 Å². The number of carbonyl (C=O) groups is 1. The van der Waals surface area contributed by atoms with E-state index in [4.69, 9.17) is 4.74 Å². The topological polar surface area (TPSA) is 32.8 Å². The summed E-state index contributed by atoms with van der Waals surface area (Å²) in [5.41, 5.74) is 0.778. The standard InChI is InChI=1S/C23H32N2O2/c26-23(25-14-4-5-15-25)20-8-10-21(11-9-20)27-22-12-16-24(17-13-22)18-19-6-2-1-3-7-19/h1-2,8-11,19,22H,3-7,12-18H2. The summed E-state index contributed by atoms with van der Waals surface area (Å²) in [5, 5.41) is 0. The van der Waals surface area contributed by atoms with Crippen LogP contribution in [0.4, 0.5) is 0 Å². The molecule has 4 heteroatoms. The summed E-state index contributed by atoms with van der Waals surface area (Å²) in [7, 11) is 0. The molecule has 146 valence electrons. The van der Waals surface area contributed by atoms with E-state index in [1.165, 1.54) is 25.8 Å². The second-order valence-electron chi connectivity index (χ2n) is 8.29. The van der Waals surface area contributed by atoms with Gasteiger partial charge in [0, 0.05) is 38.3 Å². The number of carbonyl (C=O) groups excluding carboxylic acids is 1. The van der Waals surface area contributed by atoms with Crippen LogP contribution in [0.1, 0.15) is 55.3 Å². The van der Waals surface area contributed by atoms with Gasteiger partial charge in [-0.3, -0.25) is 4.79 Å². The van der Waals surface area contributed by atoms with E-state index in [0.717, 1.165) is 69.1 Å². The number of allylic oxidation sites excluding steroid dienone is 2. The molecule has 3 aliphatic rings. The van der Waals surface area contributed by atoms with Crippen LogP contribution >= 0.6 is 0 Å². The van der Waals surface area contributed by atoms with Crippen LogP contribution in [0.2, 0.25) is 0 Å². The molecular formula is C23H32N2O2. The zero-order valence-corrected chi connectivity index (χ0v) is 16.3. The molecule has 0 bridgehead atoms.